The van der Waals surface area contributed by atoms with E-state index in [2.05, 4.69) is 10.6 Å². The lowest BCUT2D eigenvalue weighted by molar-refractivity contribution is -0.117. The Labute approximate surface area is 157 Å². The normalized spacial score (nSPS) is 10.6. The van der Waals surface area contributed by atoms with E-state index < -0.39 is 5.91 Å². The number of amides is 1. The zero-order valence-corrected chi connectivity index (χ0v) is 15.1. The van der Waals surface area contributed by atoms with E-state index in [1.165, 1.54) is 20.4 Å². The van der Waals surface area contributed by atoms with Crippen LogP contribution in [0.2, 0.25) is 5.02 Å². The average Bonchev–Trinajstić information content (AvgIpc) is 2.68. The fourth-order valence-corrected chi connectivity index (χ4v) is 2.38. The van der Waals surface area contributed by atoms with Crippen molar-refractivity contribution in [2.75, 3.05) is 19.5 Å². The Hall–Kier alpha value is -3.17. The molecule has 0 aliphatic rings. The molecule has 0 unspecified atom stereocenters. The highest BCUT2D eigenvalue weighted by Crippen LogP contribution is 2.35. The number of nitrogens with zero attached hydrogens (tertiary/aromatic N) is 1. The Bertz CT molecular complexity index is 845. The van der Waals surface area contributed by atoms with Crippen LogP contribution in [0.4, 0.5) is 5.69 Å². The van der Waals surface area contributed by atoms with Gasteiger partial charge >= 0.3 is 0 Å². The zero-order chi connectivity index (χ0) is 18.9. The molecular weight excluding hydrogens is 354 g/mol. The second kappa shape index (κ2) is 9.35. The van der Waals surface area contributed by atoms with E-state index in [1.54, 1.807) is 12.1 Å². The summed E-state index contributed by atoms with van der Waals surface area (Å²) in [5, 5.41) is 15.2. The molecule has 0 heterocycles. The maximum Gasteiger partial charge on any atom is 0.263 e. The fourth-order valence-electron chi connectivity index (χ4n) is 2.15. The Kier molecular flexibility index (Phi) is 6.89. The molecule has 2 aromatic rings. The van der Waals surface area contributed by atoms with Crippen molar-refractivity contribution >= 4 is 23.2 Å². The number of methoxy groups -OCH3 is 2. The quantitative estimate of drug-likeness (QED) is 0.575. The molecule has 0 bridgehead atoms. The van der Waals surface area contributed by atoms with Crippen molar-refractivity contribution in [3.05, 3.63) is 64.8 Å². The molecule has 7 heteroatoms. The number of anilines is 1. The van der Waals surface area contributed by atoms with Crippen molar-refractivity contribution in [1.29, 1.82) is 5.26 Å². The molecule has 0 atom stereocenters. The molecule has 26 heavy (non-hydrogen) atoms. The van der Waals surface area contributed by atoms with Crippen LogP contribution >= 0.6 is 11.6 Å². The summed E-state index contributed by atoms with van der Waals surface area (Å²) in [5.41, 5.74) is 1.38. The van der Waals surface area contributed by atoms with Crippen LogP contribution in [0.25, 0.3) is 0 Å². The lowest BCUT2D eigenvalue weighted by atomic mass is 10.2. The van der Waals surface area contributed by atoms with Crippen LogP contribution in [0.3, 0.4) is 0 Å². The third-order valence-corrected chi connectivity index (χ3v) is 3.80. The molecule has 0 aromatic heterocycles. The van der Waals surface area contributed by atoms with Gasteiger partial charge in [-0.1, -0.05) is 41.9 Å². The Morgan fingerprint density at radius 2 is 1.88 bits per heavy atom. The van der Waals surface area contributed by atoms with Crippen LogP contribution < -0.4 is 20.1 Å². The van der Waals surface area contributed by atoms with Crippen LogP contribution in [0.5, 0.6) is 11.5 Å². The summed E-state index contributed by atoms with van der Waals surface area (Å²) >= 11 is 6.06. The smallest absolute Gasteiger partial charge is 0.263 e. The van der Waals surface area contributed by atoms with Crippen LogP contribution in [0.15, 0.2) is 54.2 Å². The van der Waals surface area contributed by atoms with Crippen molar-refractivity contribution in [3.63, 3.8) is 0 Å². The molecule has 0 saturated heterocycles. The summed E-state index contributed by atoms with van der Waals surface area (Å²) in [6.07, 6.45) is 1.31. The highest BCUT2D eigenvalue weighted by Gasteiger charge is 2.12. The molecular formula is C19H18ClN3O3. The molecule has 0 aliphatic heterocycles. The van der Waals surface area contributed by atoms with Gasteiger partial charge in [0, 0.05) is 24.9 Å². The topological polar surface area (TPSA) is 83.4 Å². The van der Waals surface area contributed by atoms with Crippen molar-refractivity contribution in [2.45, 2.75) is 6.54 Å². The van der Waals surface area contributed by atoms with Crippen molar-refractivity contribution in [1.82, 2.24) is 5.32 Å². The number of ether oxygens (including phenoxy) is 2. The van der Waals surface area contributed by atoms with Crippen molar-refractivity contribution < 1.29 is 14.3 Å². The first kappa shape index (κ1) is 19.2. The van der Waals surface area contributed by atoms with E-state index in [0.717, 1.165) is 5.56 Å². The van der Waals surface area contributed by atoms with Gasteiger partial charge in [-0.15, -0.1) is 0 Å². The van der Waals surface area contributed by atoms with Crippen molar-refractivity contribution in [3.8, 4) is 17.6 Å². The van der Waals surface area contributed by atoms with Gasteiger partial charge in [0.05, 0.1) is 24.9 Å². The third kappa shape index (κ3) is 4.91. The van der Waals surface area contributed by atoms with Crippen LogP contribution in [0.1, 0.15) is 5.56 Å². The van der Waals surface area contributed by atoms with E-state index in [1.807, 2.05) is 36.4 Å². The highest BCUT2D eigenvalue weighted by molar-refractivity contribution is 6.32. The molecule has 0 radical (unpaired) electrons. The lowest BCUT2D eigenvalue weighted by Crippen LogP contribution is -2.24. The lowest BCUT2D eigenvalue weighted by Gasteiger charge is -2.12. The third-order valence-electron chi connectivity index (χ3n) is 3.51. The molecule has 0 aliphatic carbocycles. The van der Waals surface area contributed by atoms with Gasteiger partial charge < -0.3 is 20.1 Å². The zero-order valence-electron chi connectivity index (χ0n) is 14.4. The summed E-state index contributed by atoms with van der Waals surface area (Å²) in [7, 11) is 2.98. The van der Waals surface area contributed by atoms with Gasteiger partial charge in [0.25, 0.3) is 5.91 Å². The van der Waals surface area contributed by atoms with E-state index in [9.17, 15) is 10.1 Å². The number of carbonyl (C=O) groups is 1. The Morgan fingerprint density at radius 3 is 2.50 bits per heavy atom. The van der Waals surface area contributed by atoms with Gasteiger partial charge in [-0.2, -0.15) is 5.26 Å². The predicted molar refractivity (Wildman–Crippen MR) is 100 cm³/mol. The maximum atomic E-state index is 12.2. The minimum absolute atomic E-state index is 0.0723. The van der Waals surface area contributed by atoms with Crippen LogP contribution in [-0.4, -0.2) is 20.1 Å². The molecule has 0 saturated carbocycles. The average molecular weight is 372 g/mol. The van der Waals surface area contributed by atoms with E-state index in [4.69, 9.17) is 21.1 Å². The predicted octanol–water partition coefficient (Wildman–Crippen LogP) is 3.49. The summed E-state index contributed by atoms with van der Waals surface area (Å²) in [5.74, 6) is 0.410. The molecule has 2 aromatic carbocycles. The second-order valence-corrected chi connectivity index (χ2v) is 5.58. The SMILES string of the molecule is COc1cc(N/C=C(/C#N)C(=O)NCc2ccccc2)c(OC)cc1Cl. The molecule has 134 valence electrons. The highest BCUT2D eigenvalue weighted by atomic mass is 35.5. The number of carbonyl (C=O) groups excluding carboxylic acids is 1. The number of hydrogen-bond donors (Lipinski definition) is 2. The van der Waals surface area contributed by atoms with E-state index in [0.29, 0.717) is 28.8 Å². The standard InChI is InChI=1S/C19H18ClN3O3/c1-25-17-9-16(18(26-2)8-15(17)20)22-12-14(10-21)19(24)23-11-13-6-4-3-5-7-13/h3-9,12,22H,11H2,1-2H3,(H,23,24)/b14-12-. The van der Waals surface area contributed by atoms with Gasteiger partial charge in [-0.3, -0.25) is 4.79 Å². The molecule has 2 N–H and O–H groups in total. The molecule has 0 fully saturated rings. The van der Waals surface area contributed by atoms with Gasteiger partial charge in [0.1, 0.15) is 23.1 Å². The van der Waals surface area contributed by atoms with Crippen molar-refractivity contribution in [2.24, 2.45) is 0 Å². The summed E-state index contributed by atoms with van der Waals surface area (Å²) in [6, 6.07) is 14.5. The summed E-state index contributed by atoms with van der Waals surface area (Å²) in [6.45, 7) is 0.330. The second-order valence-electron chi connectivity index (χ2n) is 5.17. The number of benzene rings is 2. The first-order valence-corrected chi connectivity index (χ1v) is 8.07. The largest absolute Gasteiger partial charge is 0.495 e. The number of halogens is 1. The number of nitrogens with one attached hydrogen (secondary N) is 2. The van der Waals surface area contributed by atoms with Gasteiger partial charge in [-0.05, 0) is 5.56 Å². The van der Waals surface area contributed by atoms with Gasteiger partial charge in [-0.25, -0.2) is 0 Å². The number of hydrogen-bond acceptors (Lipinski definition) is 5. The monoisotopic (exact) mass is 371 g/mol. The van der Waals surface area contributed by atoms with Gasteiger partial charge in [0.15, 0.2) is 0 Å². The number of nitriles is 1. The molecule has 2 rings (SSSR count). The summed E-state index contributed by atoms with van der Waals surface area (Å²) < 4.78 is 10.4. The molecule has 0 spiro atoms. The maximum absolute atomic E-state index is 12.2. The van der Waals surface area contributed by atoms with Gasteiger partial charge in [0.2, 0.25) is 0 Å². The minimum Gasteiger partial charge on any atom is -0.495 e. The van der Waals surface area contributed by atoms with E-state index in [-0.39, 0.29) is 5.57 Å². The number of rotatable bonds is 7. The molecule has 1 amide bonds. The molecule has 6 nitrogen and oxygen atoms in total. The summed E-state index contributed by atoms with van der Waals surface area (Å²) in [4.78, 5) is 12.2. The fraction of sp³-hybridized carbons (Fsp3) is 0.158. The first-order valence-electron chi connectivity index (χ1n) is 7.69. The Morgan fingerprint density at radius 1 is 1.19 bits per heavy atom. The van der Waals surface area contributed by atoms with Crippen LogP contribution in [0, 0.1) is 11.3 Å². The van der Waals surface area contributed by atoms with E-state index >= 15 is 0 Å². The van der Waals surface area contributed by atoms with Crippen LogP contribution in [-0.2, 0) is 11.3 Å². The Balaban J connectivity index is 2.11. The minimum atomic E-state index is -0.483. The first-order chi connectivity index (χ1) is 12.6.